The molecule has 2 aromatic rings. The molecule has 0 amide bonds. The van der Waals surface area contributed by atoms with Gasteiger partial charge in [0.2, 0.25) is 0 Å². The maximum absolute atomic E-state index is 11.3. The largest absolute Gasteiger partial charge is 0.497 e. The lowest BCUT2D eigenvalue weighted by Crippen LogP contribution is -2.29. The van der Waals surface area contributed by atoms with Crippen LogP contribution in [0.15, 0.2) is 54.1 Å². The van der Waals surface area contributed by atoms with Gasteiger partial charge in [-0.05, 0) is 80.6 Å². The van der Waals surface area contributed by atoms with E-state index in [0.717, 1.165) is 37.1 Å². The van der Waals surface area contributed by atoms with Crippen molar-refractivity contribution in [3.8, 4) is 5.75 Å². The van der Waals surface area contributed by atoms with Crippen molar-refractivity contribution in [2.45, 2.75) is 25.2 Å². The Kier molecular flexibility index (Phi) is 6.53. The summed E-state index contributed by atoms with van der Waals surface area (Å²) in [6.45, 7) is 1.06. The Balaban J connectivity index is 1.88. The van der Waals surface area contributed by atoms with Crippen molar-refractivity contribution in [3.05, 3.63) is 70.8 Å². The van der Waals surface area contributed by atoms with Gasteiger partial charge in [-0.25, -0.2) is 4.79 Å². The van der Waals surface area contributed by atoms with E-state index < -0.39 is 5.97 Å². The second-order valence-corrected chi connectivity index (χ2v) is 7.88. The predicted molar refractivity (Wildman–Crippen MR) is 113 cm³/mol. The van der Waals surface area contributed by atoms with E-state index in [1.165, 1.54) is 11.1 Å². The van der Waals surface area contributed by atoms with Crippen LogP contribution in [0.4, 0.5) is 0 Å². The van der Waals surface area contributed by atoms with Crippen molar-refractivity contribution in [3.63, 3.8) is 0 Å². The highest BCUT2D eigenvalue weighted by atomic mass is 16.5. The average molecular weight is 380 g/mol. The highest BCUT2D eigenvalue weighted by molar-refractivity contribution is 5.88. The number of methoxy groups -OCH3 is 1. The van der Waals surface area contributed by atoms with E-state index in [4.69, 9.17) is 4.74 Å². The molecule has 0 radical (unpaired) electrons. The van der Waals surface area contributed by atoms with Crippen LogP contribution >= 0.6 is 0 Å². The van der Waals surface area contributed by atoms with Crippen LogP contribution in [0, 0.1) is 5.92 Å². The fraction of sp³-hybridized carbons (Fsp3) is 0.375. The number of benzene rings is 2. The summed E-state index contributed by atoms with van der Waals surface area (Å²) >= 11 is 0. The first-order chi connectivity index (χ1) is 13.5. The summed E-state index contributed by atoms with van der Waals surface area (Å²) in [5.74, 6) is 1.03. The summed E-state index contributed by atoms with van der Waals surface area (Å²) in [6.07, 6.45) is 5.34. The number of allylic oxidation sites excluding steroid dienone is 1. The van der Waals surface area contributed by atoms with E-state index in [9.17, 15) is 9.90 Å². The normalized spacial score (nSPS) is 21.1. The van der Waals surface area contributed by atoms with Crippen LogP contribution in [-0.2, 0) is 0 Å². The number of nitrogens with zero attached hydrogens (tertiary/aromatic N) is 1. The number of carboxylic acids is 1. The minimum absolute atomic E-state index is 0.333. The highest BCUT2D eigenvalue weighted by Gasteiger charge is 2.29. The van der Waals surface area contributed by atoms with Crippen LogP contribution in [0.3, 0.4) is 0 Å². The van der Waals surface area contributed by atoms with Crippen LogP contribution in [0.25, 0.3) is 6.08 Å². The SMILES string of the molecule is COc1cccc([C@@H]2C/C(=C\c3cccc(C(=O)O)c3)CC[C@@H]2CN(C)C)c1. The summed E-state index contributed by atoms with van der Waals surface area (Å²) in [7, 11) is 5.97. The quantitative estimate of drug-likeness (QED) is 0.774. The van der Waals surface area contributed by atoms with Crippen molar-refractivity contribution in [2.24, 2.45) is 5.92 Å². The van der Waals surface area contributed by atoms with Crippen molar-refractivity contribution < 1.29 is 14.6 Å². The van der Waals surface area contributed by atoms with E-state index in [-0.39, 0.29) is 0 Å². The van der Waals surface area contributed by atoms with E-state index >= 15 is 0 Å². The maximum atomic E-state index is 11.3. The third kappa shape index (κ3) is 5.02. The van der Waals surface area contributed by atoms with Gasteiger partial charge in [0.05, 0.1) is 12.7 Å². The van der Waals surface area contributed by atoms with Gasteiger partial charge in [-0.2, -0.15) is 0 Å². The van der Waals surface area contributed by atoms with Crippen molar-refractivity contribution in [1.82, 2.24) is 4.90 Å². The molecule has 28 heavy (non-hydrogen) atoms. The Morgan fingerprint density at radius 3 is 2.71 bits per heavy atom. The van der Waals surface area contributed by atoms with E-state index in [0.29, 0.717) is 17.4 Å². The van der Waals surface area contributed by atoms with Gasteiger partial charge in [-0.15, -0.1) is 0 Å². The summed E-state index contributed by atoms with van der Waals surface area (Å²) in [5.41, 5.74) is 3.99. The molecule has 1 N–H and O–H groups in total. The number of ether oxygens (including phenoxy) is 1. The van der Waals surface area contributed by atoms with Crippen molar-refractivity contribution in [1.29, 1.82) is 0 Å². The zero-order valence-electron chi connectivity index (χ0n) is 16.9. The van der Waals surface area contributed by atoms with Crippen molar-refractivity contribution >= 4 is 12.0 Å². The Hall–Kier alpha value is -2.59. The van der Waals surface area contributed by atoms with Crippen LogP contribution in [0.5, 0.6) is 5.75 Å². The third-order valence-corrected chi connectivity index (χ3v) is 5.51. The first-order valence-electron chi connectivity index (χ1n) is 9.77. The first kappa shape index (κ1) is 20.2. The second kappa shape index (κ2) is 9.07. The minimum atomic E-state index is -0.885. The number of aromatic carboxylic acids is 1. The van der Waals surface area contributed by atoms with Gasteiger partial charge in [0.25, 0.3) is 0 Å². The van der Waals surface area contributed by atoms with Crippen LogP contribution in [-0.4, -0.2) is 43.7 Å². The number of carboxylic acid groups (broad SMARTS) is 1. The summed E-state index contributed by atoms with van der Waals surface area (Å²) in [6, 6.07) is 15.6. The van der Waals surface area contributed by atoms with Gasteiger partial charge in [-0.1, -0.05) is 35.9 Å². The van der Waals surface area contributed by atoms with Gasteiger partial charge >= 0.3 is 5.97 Å². The molecule has 0 heterocycles. The molecule has 2 atom stereocenters. The molecule has 0 bridgehead atoms. The Labute approximate surface area is 167 Å². The number of hydrogen-bond acceptors (Lipinski definition) is 3. The Bertz CT molecular complexity index is 856. The molecule has 1 aliphatic rings. The Morgan fingerprint density at radius 2 is 2.00 bits per heavy atom. The standard InChI is InChI=1S/C24H29NO3/c1-25(2)16-21-11-10-18(12-17-6-4-8-20(13-17)24(26)27)14-23(21)19-7-5-9-22(15-19)28-3/h4-9,12-13,15,21,23H,10-11,14,16H2,1-3H3,(H,26,27)/b18-12-/t21-,23+/m1/s1. The van der Waals surface area contributed by atoms with Crippen LogP contribution in [0.2, 0.25) is 0 Å². The second-order valence-electron chi connectivity index (χ2n) is 7.88. The van der Waals surface area contributed by atoms with E-state index in [1.54, 1.807) is 19.2 Å². The average Bonchev–Trinajstić information content (AvgIpc) is 2.69. The summed E-state index contributed by atoms with van der Waals surface area (Å²) in [4.78, 5) is 13.5. The summed E-state index contributed by atoms with van der Waals surface area (Å²) in [5, 5.41) is 9.24. The molecule has 0 saturated heterocycles. The molecule has 4 heteroatoms. The van der Waals surface area contributed by atoms with Gasteiger partial charge in [0.1, 0.15) is 5.75 Å². The maximum Gasteiger partial charge on any atom is 0.335 e. The smallest absolute Gasteiger partial charge is 0.335 e. The molecule has 4 nitrogen and oxygen atoms in total. The van der Waals surface area contributed by atoms with Gasteiger partial charge in [-0.3, -0.25) is 0 Å². The highest BCUT2D eigenvalue weighted by Crippen LogP contribution is 2.42. The Morgan fingerprint density at radius 1 is 1.21 bits per heavy atom. The van der Waals surface area contributed by atoms with E-state index in [1.807, 2.05) is 18.2 Å². The third-order valence-electron chi connectivity index (χ3n) is 5.51. The topological polar surface area (TPSA) is 49.8 Å². The number of rotatable bonds is 6. The molecule has 0 unspecified atom stereocenters. The molecule has 0 aromatic heterocycles. The molecule has 1 fully saturated rings. The number of hydrogen-bond donors (Lipinski definition) is 1. The fourth-order valence-electron chi connectivity index (χ4n) is 4.20. The molecule has 2 aromatic carbocycles. The number of carbonyl (C=O) groups is 1. The molecule has 3 rings (SSSR count). The molecule has 1 aliphatic carbocycles. The van der Waals surface area contributed by atoms with Gasteiger partial charge in [0.15, 0.2) is 0 Å². The lowest BCUT2D eigenvalue weighted by Gasteiger charge is -2.35. The molecule has 0 spiro atoms. The van der Waals surface area contributed by atoms with Gasteiger partial charge in [0, 0.05) is 6.54 Å². The monoisotopic (exact) mass is 379 g/mol. The first-order valence-corrected chi connectivity index (χ1v) is 9.77. The van der Waals surface area contributed by atoms with Crippen molar-refractivity contribution in [2.75, 3.05) is 27.7 Å². The van der Waals surface area contributed by atoms with E-state index in [2.05, 4.69) is 43.3 Å². The zero-order valence-corrected chi connectivity index (χ0v) is 16.9. The fourth-order valence-corrected chi connectivity index (χ4v) is 4.20. The lowest BCUT2D eigenvalue weighted by atomic mass is 9.73. The predicted octanol–water partition coefficient (Wildman–Crippen LogP) is 4.92. The van der Waals surface area contributed by atoms with Crippen LogP contribution < -0.4 is 4.74 Å². The van der Waals surface area contributed by atoms with Gasteiger partial charge < -0.3 is 14.7 Å². The summed E-state index contributed by atoms with van der Waals surface area (Å²) < 4.78 is 5.44. The molecule has 0 aliphatic heterocycles. The lowest BCUT2D eigenvalue weighted by molar-refractivity contribution is 0.0697. The molecular formula is C24H29NO3. The van der Waals surface area contributed by atoms with Crippen LogP contribution in [0.1, 0.15) is 46.7 Å². The molecule has 148 valence electrons. The minimum Gasteiger partial charge on any atom is -0.497 e. The molecule has 1 saturated carbocycles. The zero-order chi connectivity index (χ0) is 20.1. The molecular weight excluding hydrogens is 350 g/mol.